The van der Waals surface area contributed by atoms with Crippen LogP contribution in [-0.4, -0.2) is 29.2 Å². The smallest absolute Gasteiger partial charge is 0.0603 e. The average Bonchev–Trinajstić information content (AvgIpc) is 2.18. The third-order valence-corrected chi connectivity index (χ3v) is 2.68. The molecule has 2 nitrogen and oxygen atoms in total. The normalized spacial score (nSPS) is 12.1. The van der Waals surface area contributed by atoms with Crippen molar-refractivity contribution in [1.82, 2.24) is 4.90 Å². The Bertz CT molecular complexity index is 311. The molecule has 2 heteroatoms. The van der Waals surface area contributed by atoms with Crippen molar-refractivity contribution < 1.29 is 5.11 Å². The van der Waals surface area contributed by atoms with Crippen molar-refractivity contribution in [1.29, 1.82) is 0 Å². The van der Waals surface area contributed by atoms with Crippen LogP contribution in [0.25, 0.3) is 0 Å². The Hall–Kier alpha value is -0.860. The number of hydrogen-bond donors (Lipinski definition) is 1. The van der Waals surface area contributed by atoms with Gasteiger partial charge < -0.3 is 10.0 Å². The molecule has 0 saturated heterocycles. The van der Waals surface area contributed by atoms with Gasteiger partial charge in [0.05, 0.1) is 5.60 Å². The number of aliphatic hydroxyl groups is 1. The van der Waals surface area contributed by atoms with Crippen LogP contribution in [0.2, 0.25) is 0 Å². The largest absolute Gasteiger partial charge is 0.390 e. The molecule has 0 aliphatic carbocycles. The molecule has 0 amide bonds. The SMILES string of the molecule is Cc1ccc(CN(C)CCC(C)(C)O)cc1. The molecular formula is C14H23NO. The van der Waals surface area contributed by atoms with E-state index in [9.17, 15) is 5.11 Å². The van der Waals surface area contributed by atoms with Gasteiger partial charge in [-0.2, -0.15) is 0 Å². The van der Waals surface area contributed by atoms with Crippen LogP contribution in [0, 0.1) is 6.92 Å². The van der Waals surface area contributed by atoms with E-state index >= 15 is 0 Å². The molecule has 90 valence electrons. The van der Waals surface area contributed by atoms with Gasteiger partial charge in [-0.25, -0.2) is 0 Å². The molecule has 0 heterocycles. The number of aryl methyl sites for hydroxylation is 1. The Morgan fingerprint density at radius 1 is 1.19 bits per heavy atom. The van der Waals surface area contributed by atoms with Crippen LogP contribution < -0.4 is 0 Å². The zero-order valence-corrected chi connectivity index (χ0v) is 10.8. The van der Waals surface area contributed by atoms with Crippen molar-refractivity contribution in [3.05, 3.63) is 35.4 Å². The standard InChI is InChI=1S/C14H23NO/c1-12-5-7-13(8-6-12)11-15(4)10-9-14(2,3)16/h5-8,16H,9-11H2,1-4H3. The maximum atomic E-state index is 9.64. The molecule has 16 heavy (non-hydrogen) atoms. The molecule has 0 bridgehead atoms. The van der Waals surface area contributed by atoms with Gasteiger partial charge in [0.1, 0.15) is 0 Å². The Morgan fingerprint density at radius 3 is 2.25 bits per heavy atom. The van der Waals surface area contributed by atoms with Crippen molar-refractivity contribution in [3.8, 4) is 0 Å². The van der Waals surface area contributed by atoms with Crippen molar-refractivity contribution >= 4 is 0 Å². The van der Waals surface area contributed by atoms with Crippen molar-refractivity contribution in [2.75, 3.05) is 13.6 Å². The molecule has 0 aliphatic heterocycles. The second kappa shape index (κ2) is 5.46. The third-order valence-electron chi connectivity index (χ3n) is 2.68. The van der Waals surface area contributed by atoms with Gasteiger partial charge in [-0.1, -0.05) is 29.8 Å². The van der Waals surface area contributed by atoms with Gasteiger partial charge in [-0.3, -0.25) is 0 Å². The fourth-order valence-corrected chi connectivity index (χ4v) is 1.55. The van der Waals surface area contributed by atoms with E-state index in [0.717, 1.165) is 19.5 Å². The number of rotatable bonds is 5. The molecule has 0 aromatic heterocycles. The minimum Gasteiger partial charge on any atom is -0.390 e. The molecule has 0 fully saturated rings. The van der Waals surface area contributed by atoms with Gasteiger partial charge in [0.15, 0.2) is 0 Å². The van der Waals surface area contributed by atoms with Gasteiger partial charge in [0.25, 0.3) is 0 Å². The summed E-state index contributed by atoms with van der Waals surface area (Å²) in [5.74, 6) is 0. The minimum absolute atomic E-state index is 0.568. The van der Waals surface area contributed by atoms with Crippen molar-refractivity contribution in [2.24, 2.45) is 0 Å². The lowest BCUT2D eigenvalue weighted by atomic mass is 10.1. The molecular weight excluding hydrogens is 198 g/mol. The second-order valence-electron chi connectivity index (χ2n) is 5.29. The summed E-state index contributed by atoms with van der Waals surface area (Å²) in [5, 5.41) is 9.64. The zero-order valence-electron chi connectivity index (χ0n) is 10.8. The van der Waals surface area contributed by atoms with E-state index < -0.39 is 5.60 Å². The third kappa shape index (κ3) is 5.29. The first-order valence-electron chi connectivity index (χ1n) is 5.83. The lowest BCUT2D eigenvalue weighted by Gasteiger charge is -2.22. The van der Waals surface area contributed by atoms with Gasteiger partial charge >= 0.3 is 0 Å². The summed E-state index contributed by atoms with van der Waals surface area (Å²) >= 11 is 0. The number of benzene rings is 1. The van der Waals surface area contributed by atoms with Gasteiger partial charge in [0.2, 0.25) is 0 Å². The highest BCUT2D eigenvalue weighted by Crippen LogP contribution is 2.10. The van der Waals surface area contributed by atoms with E-state index in [1.807, 2.05) is 13.8 Å². The van der Waals surface area contributed by atoms with E-state index in [-0.39, 0.29) is 0 Å². The van der Waals surface area contributed by atoms with E-state index in [2.05, 4.69) is 43.1 Å². The molecule has 0 aliphatic rings. The van der Waals surface area contributed by atoms with E-state index in [4.69, 9.17) is 0 Å². The van der Waals surface area contributed by atoms with E-state index in [0.29, 0.717) is 0 Å². The van der Waals surface area contributed by atoms with Crippen LogP contribution in [0.15, 0.2) is 24.3 Å². The van der Waals surface area contributed by atoms with Crippen molar-refractivity contribution in [3.63, 3.8) is 0 Å². The Morgan fingerprint density at radius 2 is 1.75 bits per heavy atom. The molecule has 0 saturated carbocycles. The van der Waals surface area contributed by atoms with Crippen LogP contribution in [-0.2, 0) is 6.54 Å². The Labute approximate surface area is 98.9 Å². The lowest BCUT2D eigenvalue weighted by Crippen LogP contribution is -2.28. The van der Waals surface area contributed by atoms with Gasteiger partial charge in [-0.15, -0.1) is 0 Å². The first kappa shape index (κ1) is 13.2. The van der Waals surface area contributed by atoms with Crippen LogP contribution in [0.3, 0.4) is 0 Å². The van der Waals surface area contributed by atoms with Crippen molar-refractivity contribution in [2.45, 2.75) is 39.3 Å². The fraction of sp³-hybridized carbons (Fsp3) is 0.571. The summed E-state index contributed by atoms with van der Waals surface area (Å²) < 4.78 is 0. The summed E-state index contributed by atoms with van der Waals surface area (Å²) in [6, 6.07) is 8.60. The molecule has 1 N–H and O–H groups in total. The topological polar surface area (TPSA) is 23.5 Å². The van der Waals surface area contributed by atoms with Crippen LogP contribution in [0.4, 0.5) is 0 Å². The summed E-state index contributed by atoms with van der Waals surface area (Å²) in [7, 11) is 2.09. The number of nitrogens with zero attached hydrogens (tertiary/aromatic N) is 1. The van der Waals surface area contributed by atoms with E-state index in [1.54, 1.807) is 0 Å². The maximum absolute atomic E-state index is 9.64. The molecule has 0 spiro atoms. The second-order valence-corrected chi connectivity index (χ2v) is 5.29. The Kier molecular flexibility index (Phi) is 4.51. The zero-order chi connectivity index (χ0) is 12.2. The molecule has 0 radical (unpaired) electrons. The summed E-state index contributed by atoms with van der Waals surface area (Å²) in [5.41, 5.74) is 2.05. The van der Waals surface area contributed by atoms with Crippen LogP contribution >= 0.6 is 0 Å². The van der Waals surface area contributed by atoms with E-state index in [1.165, 1.54) is 11.1 Å². The molecule has 0 atom stereocenters. The first-order valence-corrected chi connectivity index (χ1v) is 5.83. The molecule has 1 aromatic rings. The first-order chi connectivity index (χ1) is 7.37. The van der Waals surface area contributed by atoms with Gasteiger partial charge in [-0.05, 0) is 39.8 Å². The average molecular weight is 221 g/mol. The summed E-state index contributed by atoms with van der Waals surface area (Å²) in [6.07, 6.45) is 0.801. The minimum atomic E-state index is -0.568. The lowest BCUT2D eigenvalue weighted by molar-refractivity contribution is 0.0599. The molecule has 1 rings (SSSR count). The van der Waals surface area contributed by atoms with Crippen LogP contribution in [0.5, 0.6) is 0 Å². The summed E-state index contributed by atoms with van der Waals surface area (Å²) in [4.78, 5) is 2.24. The predicted octanol–water partition coefficient (Wildman–Crippen LogP) is 2.59. The highest BCUT2D eigenvalue weighted by atomic mass is 16.3. The number of hydrogen-bond acceptors (Lipinski definition) is 2. The predicted molar refractivity (Wildman–Crippen MR) is 68.4 cm³/mol. The quantitative estimate of drug-likeness (QED) is 0.826. The Balaban J connectivity index is 2.39. The van der Waals surface area contributed by atoms with Gasteiger partial charge in [0, 0.05) is 13.1 Å². The highest BCUT2D eigenvalue weighted by Gasteiger charge is 2.13. The molecule has 1 aromatic carbocycles. The monoisotopic (exact) mass is 221 g/mol. The molecule has 0 unspecified atom stereocenters. The van der Waals surface area contributed by atoms with Crippen LogP contribution in [0.1, 0.15) is 31.4 Å². The fourth-order valence-electron chi connectivity index (χ4n) is 1.55. The highest BCUT2D eigenvalue weighted by molar-refractivity contribution is 5.21. The summed E-state index contributed by atoms with van der Waals surface area (Å²) in [6.45, 7) is 7.66. The maximum Gasteiger partial charge on any atom is 0.0603 e.